The molecule has 2 fully saturated rings. The molecule has 1 saturated heterocycles. The van der Waals surface area contributed by atoms with Crippen molar-refractivity contribution in [3.8, 4) is 0 Å². The van der Waals surface area contributed by atoms with E-state index in [0.29, 0.717) is 6.10 Å². The number of rotatable bonds is 4. The lowest BCUT2D eigenvalue weighted by Crippen LogP contribution is -2.42. The Bertz CT molecular complexity index is 192. The van der Waals surface area contributed by atoms with Crippen LogP contribution in [-0.4, -0.2) is 38.5 Å². The van der Waals surface area contributed by atoms with Crippen LogP contribution in [0.1, 0.15) is 39.0 Å². The first-order valence-corrected chi connectivity index (χ1v) is 6.84. The van der Waals surface area contributed by atoms with Gasteiger partial charge in [-0.1, -0.05) is 26.2 Å². The minimum atomic E-state index is 0.271. The van der Waals surface area contributed by atoms with Gasteiger partial charge >= 0.3 is 0 Å². The molecular weight excluding hydrogens is 202 g/mol. The third-order valence-corrected chi connectivity index (χ3v) is 3.86. The summed E-state index contributed by atoms with van der Waals surface area (Å²) in [6, 6.07) is 0. The molecule has 1 saturated carbocycles. The zero-order valence-corrected chi connectivity index (χ0v) is 10.4. The fourth-order valence-corrected chi connectivity index (χ4v) is 2.82. The van der Waals surface area contributed by atoms with Gasteiger partial charge in [-0.25, -0.2) is 0 Å². The lowest BCUT2D eigenvalue weighted by Gasteiger charge is -2.33. The highest BCUT2D eigenvalue weighted by atomic mass is 16.5. The van der Waals surface area contributed by atoms with E-state index in [4.69, 9.17) is 9.47 Å². The first kappa shape index (κ1) is 12.3. The van der Waals surface area contributed by atoms with Crippen molar-refractivity contribution in [2.45, 2.75) is 51.2 Å². The van der Waals surface area contributed by atoms with Crippen molar-refractivity contribution in [2.24, 2.45) is 5.92 Å². The molecule has 1 aliphatic heterocycles. The van der Waals surface area contributed by atoms with Gasteiger partial charge in [-0.3, -0.25) is 0 Å². The molecule has 3 nitrogen and oxygen atoms in total. The summed E-state index contributed by atoms with van der Waals surface area (Å²) >= 11 is 0. The lowest BCUT2D eigenvalue weighted by atomic mass is 9.85. The molecule has 2 aliphatic rings. The van der Waals surface area contributed by atoms with Crippen molar-refractivity contribution in [1.29, 1.82) is 0 Å². The molecule has 3 atom stereocenters. The van der Waals surface area contributed by atoms with Crippen molar-refractivity contribution in [1.82, 2.24) is 5.32 Å². The summed E-state index contributed by atoms with van der Waals surface area (Å²) in [5.74, 6) is 0.783. The maximum Gasteiger partial charge on any atom is 0.0933 e. The largest absolute Gasteiger partial charge is 0.375 e. The van der Waals surface area contributed by atoms with Gasteiger partial charge in [0, 0.05) is 13.1 Å². The van der Waals surface area contributed by atoms with E-state index in [1.165, 1.54) is 32.1 Å². The second kappa shape index (κ2) is 6.58. The van der Waals surface area contributed by atoms with E-state index in [1.807, 2.05) is 0 Å². The third kappa shape index (κ3) is 3.44. The molecule has 1 aliphatic carbocycles. The van der Waals surface area contributed by atoms with E-state index in [0.717, 1.165) is 32.2 Å². The first-order valence-electron chi connectivity index (χ1n) is 6.84. The zero-order valence-electron chi connectivity index (χ0n) is 10.4. The predicted octanol–water partition coefficient (Wildman–Crippen LogP) is 1.96. The molecule has 1 heterocycles. The number of morpholine rings is 1. The molecule has 3 unspecified atom stereocenters. The highest BCUT2D eigenvalue weighted by Gasteiger charge is 2.25. The first-order chi connectivity index (χ1) is 7.90. The SMILES string of the molecule is CCC1CCCCC1OCC1CNCCO1. The van der Waals surface area contributed by atoms with Gasteiger partial charge in [0.25, 0.3) is 0 Å². The minimum Gasteiger partial charge on any atom is -0.375 e. The second-order valence-corrected chi connectivity index (χ2v) is 5.02. The van der Waals surface area contributed by atoms with Crippen LogP contribution in [0.5, 0.6) is 0 Å². The minimum absolute atomic E-state index is 0.271. The van der Waals surface area contributed by atoms with Gasteiger partial charge in [-0.15, -0.1) is 0 Å². The van der Waals surface area contributed by atoms with Crippen LogP contribution < -0.4 is 5.32 Å². The normalized spacial score (nSPS) is 36.2. The van der Waals surface area contributed by atoms with Crippen molar-refractivity contribution < 1.29 is 9.47 Å². The molecule has 0 amide bonds. The zero-order chi connectivity index (χ0) is 11.2. The number of hydrogen-bond acceptors (Lipinski definition) is 3. The van der Waals surface area contributed by atoms with Crippen LogP contribution in [0.15, 0.2) is 0 Å². The third-order valence-electron chi connectivity index (χ3n) is 3.86. The van der Waals surface area contributed by atoms with Crippen LogP contribution in [0.25, 0.3) is 0 Å². The highest BCUT2D eigenvalue weighted by Crippen LogP contribution is 2.29. The van der Waals surface area contributed by atoms with Gasteiger partial charge in [-0.2, -0.15) is 0 Å². The Hall–Kier alpha value is -0.120. The average molecular weight is 227 g/mol. The summed E-state index contributed by atoms with van der Waals surface area (Å²) in [6.07, 6.45) is 7.35. The molecule has 0 aromatic carbocycles. The van der Waals surface area contributed by atoms with Crippen molar-refractivity contribution in [3.63, 3.8) is 0 Å². The molecule has 1 N–H and O–H groups in total. The fourth-order valence-electron chi connectivity index (χ4n) is 2.82. The van der Waals surface area contributed by atoms with Crippen LogP contribution >= 0.6 is 0 Å². The monoisotopic (exact) mass is 227 g/mol. The van der Waals surface area contributed by atoms with Crippen LogP contribution in [0.2, 0.25) is 0 Å². The number of ether oxygens (including phenoxy) is 2. The molecule has 0 radical (unpaired) electrons. The van der Waals surface area contributed by atoms with Crippen LogP contribution in [-0.2, 0) is 9.47 Å². The quantitative estimate of drug-likeness (QED) is 0.796. The molecule has 2 rings (SSSR count). The summed E-state index contributed by atoms with van der Waals surface area (Å²) in [7, 11) is 0. The van der Waals surface area contributed by atoms with Crippen LogP contribution in [0, 0.1) is 5.92 Å². The fraction of sp³-hybridized carbons (Fsp3) is 1.00. The molecule has 0 aromatic heterocycles. The molecule has 0 aromatic rings. The maximum absolute atomic E-state index is 6.06. The summed E-state index contributed by atoms with van der Waals surface area (Å²) in [5.41, 5.74) is 0. The van der Waals surface area contributed by atoms with Crippen molar-refractivity contribution >= 4 is 0 Å². The molecule has 94 valence electrons. The highest BCUT2D eigenvalue weighted by molar-refractivity contribution is 4.76. The van der Waals surface area contributed by atoms with E-state index >= 15 is 0 Å². The number of hydrogen-bond donors (Lipinski definition) is 1. The van der Waals surface area contributed by atoms with Gasteiger partial charge in [0.05, 0.1) is 25.4 Å². The van der Waals surface area contributed by atoms with Gasteiger partial charge in [0.2, 0.25) is 0 Å². The van der Waals surface area contributed by atoms with E-state index in [-0.39, 0.29) is 6.10 Å². The van der Waals surface area contributed by atoms with E-state index in [2.05, 4.69) is 12.2 Å². The van der Waals surface area contributed by atoms with Crippen molar-refractivity contribution in [2.75, 3.05) is 26.3 Å². The Labute approximate surface area is 98.9 Å². The second-order valence-electron chi connectivity index (χ2n) is 5.02. The lowest BCUT2D eigenvalue weighted by molar-refractivity contribution is -0.0795. The average Bonchev–Trinajstić information content (AvgIpc) is 2.38. The van der Waals surface area contributed by atoms with Gasteiger partial charge in [-0.05, 0) is 18.8 Å². The van der Waals surface area contributed by atoms with Gasteiger partial charge < -0.3 is 14.8 Å². The summed E-state index contributed by atoms with van der Waals surface area (Å²) in [4.78, 5) is 0. The summed E-state index contributed by atoms with van der Waals surface area (Å²) < 4.78 is 11.7. The Morgan fingerprint density at radius 3 is 2.94 bits per heavy atom. The molecule has 0 spiro atoms. The van der Waals surface area contributed by atoms with Crippen LogP contribution in [0.4, 0.5) is 0 Å². The summed E-state index contributed by atoms with van der Waals surface area (Å²) in [6.45, 7) is 5.82. The Kier molecular flexibility index (Phi) is 5.07. The predicted molar refractivity (Wildman–Crippen MR) is 64.6 cm³/mol. The molecular formula is C13H25NO2. The standard InChI is InChI=1S/C13H25NO2/c1-2-11-5-3-4-6-13(11)16-10-12-9-14-7-8-15-12/h11-14H,2-10H2,1H3. The van der Waals surface area contributed by atoms with Gasteiger partial charge in [0.1, 0.15) is 0 Å². The van der Waals surface area contributed by atoms with E-state index in [9.17, 15) is 0 Å². The molecule has 16 heavy (non-hydrogen) atoms. The molecule has 0 bridgehead atoms. The Morgan fingerprint density at radius 2 is 2.19 bits per heavy atom. The Morgan fingerprint density at radius 1 is 1.31 bits per heavy atom. The Balaban J connectivity index is 1.70. The molecule has 3 heteroatoms. The van der Waals surface area contributed by atoms with E-state index in [1.54, 1.807) is 0 Å². The smallest absolute Gasteiger partial charge is 0.0933 e. The maximum atomic E-state index is 6.06. The van der Waals surface area contributed by atoms with Gasteiger partial charge in [0.15, 0.2) is 0 Å². The topological polar surface area (TPSA) is 30.5 Å². The van der Waals surface area contributed by atoms with Crippen molar-refractivity contribution in [3.05, 3.63) is 0 Å². The number of nitrogens with one attached hydrogen (secondary N) is 1. The summed E-state index contributed by atoms with van der Waals surface area (Å²) in [5, 5.41) is 3.34. The van der Waals surface area contributed by atoms with Crippen LogP contribution in [0.3, 0.4) is 0 Å². The van der Waals surface area contributed by atoms with E-state index < -0.39 is 0 Å².